The van der Waals surface area contributed by atoms with E-state index in [-0.39, 0.29) is 22.9 Å². The van der Waals surface area contributed by atoms with Crippen LogP contribution in [0.3, 0.4) is 0 Å². The van der Waals surface area contributed by atoms with E-state index in [4.69, 9.17) is 4.74 Å². The molecule has 0 aliphatic heterocycles. The van der Waals surface area contributed by atoms with E-state index < -0.39 is 0 Å². The smallest absolute Gasteiger partial charge is 0.230 e. The van der Waals surface area contributed by atoms with Crippen molar-refractivity contribution < 1.29 is 31.1 Å². The highest BCUT2D eigenvalue weighted by atomic mass is 79.9. The summed E-state index contributed by atoms with van der Waals surface area (Å²) in [6.45, 7) is 5.40. The van der Waals surface area contributed by atoms with E-state index in [9.17, 15) is 4.79 Å². The monoisotopic (exact) mass is 378 g/mol. The number of para-hydroxylation sites is 2. The zero-order valence-corrected chi connectivity index (χ0v) is 15.2. The molecule has 1 N–H and O–H groups in total. The third-order valence-electron chi connectivity index (χ3n) is 3.28. The number of anilines is 1. The first kappa shape index (κ1) is 19.2. The molecule has 0 bridgehead atoms. The fourth-order valence-corrected chi connectivity index (χ4v) is 2.03. The standard InChI is InChI=1S/C18H22N2O2.BrH/c1-3-14-22-17-7-5-4-6-16(17)19-18(21)10-13-20-11-8-15(2)9-12-20;/h4-9,11-12H,3,10,13-14H2,1-2H3;1H. The molecule has 1 aromatic heterocycles. The molecule has 5 heteroatoms. The molecule has 2 rings (SSSR count). The second kappa shape index (κ2) is 10.0. The van der Waals surface area contributed by atoms with Crippen LogP contribution >= 0.6 is 0 Å². The molecule has 1 heterocycles. The lowest BCUT2D eigenvalue weighted by Gasteiger charge is -2.11. The minimum absolute atomic E-state index is 0. The van der Waals surface area contributed by atoms with Gasteiger partial charge in [-0.25, -0.2) is 4.57 Å². The first-order valence-electron chi connectivity index (χ1n) is 7.66. The van der Waals surface area contributed by atoms with Crippen LogP contribution in [-0.2, 0) is 11.3 Å². The lowest BCUT2D eigenvalue weighted by Crippen LogP contribution is -3.00. The second-order valence-electron chi connectivity index (χ2n) is 5.26. The van der Waals surface area contributed by atoms with E-state index in [1.807, 2.05) is 60.3 Å². The van der Waals surface area contributed by atoms with Gasteiger partial charge >= 0.3 is 0 Å². The number of benzene rings is 1. The highest BCUT2D eigenvalue weighted by molar-refractivity contribution is 5.92. The summed E-state index contributed by atoms with van der Waals surface area (Å²) in [5.74, 6) is 0.710. The molecule has 0 radical (unpaired) electrons. The first-order chi connectivity index (χ1) is 10.7. The van der Waals surface area contributed by atoms with Crippen molar-refractivity contribution in [3.05, 3.63) is 54.4 Å². The van der Waals surface area contributed by atoms with Crippen molar-refractivity contribution in [2.75, 3.05) is 11.9 Å². The number of aryl methyl sites for hydroxylation is 2. The number of pyridine rings is 1. The van der Waals surface area contributed by atoms with Gasteiger partial charge in [0.15, 0.2) is 18.9 Å². The Labute approximate surface area is 148 Å². The average Bonchev–Trinajstić information content (AvgIpc) is 2.53. The first-order valence-corrected chi connectivity index (χ1v) is 7.66. The highest BCUT2D eigenvalue weighted by Crippen LogP contribution is 2.23. The molecule has 23 heavy (non-hydrogen) atoms. The molecule has 0 atom stereocenters. The number of carbonyl (C=O) groups is 1. The molecule has 1 aromatic carbocycles. The molecular weight excluding hydrogens is 356 g/mol. The van der Waals surface area contributed by atoms with Crippen molar-refractivity contribution in [3.63, 3.8) is 0 Å². The Balaban J connectivity index is 0.00000264. The molecule has 0 unspecified atom stereocenters. The van der Waals surface area contributed by atoms with E-state index >= 15 is 0 Å². The number of hydrogen-bond acceptors (Lipinski definition) is 2. The topological polar surface area (TPSA) is 42.2 Å². The van der Waals surface area contributed by atoms with Gasteiger partial charge in [0.1, 0.15) is 5.75 Å². The SMILES string of the molecule is CCCOc1ccccc1NC(=O)CC[n+]1ccc(C)cc1.[Br-]. The van der Waals surface area contributed by atoms with Gasteiger partial charge in [-0.15, -0.1) is 0 Å². The molecule has 0 spiro atoms. The zero-order valence-electron chi connectivity index (χ0n) is 13.6. The van der Waals surface area contributed by atoms with Crippen LogP contribution in [0, 0.1) is 6.92 Å². The molecule has 0 aliphatic carbocycles. The maximum atomic E-state index is 12.1. The Morgan fingerprint density at radius 3 is 2.57 bits per heavy atom. The van der Waals surface area contributed by atoms with Crippen molar-refractivity contribution in [2.24, 2.45) is 0 Å². The molecule has 1 amide bonds. The lowest BCUT2D eigenvalue weighted by molar-refractivity contribution is -0.695. The molecule has 0 fully saturated rings. The number of halogens is 1. The Morgan fingerprint density at radius 1 is 1.17 bits per heavy atom. The number of carbonyl (C=O) groups excluding carboxylic acids is 1. The summed E-state index contributed by atoms with van der Waals surface area (Å²) in [4.78, 5) is 12.1. The van der Waals surface area contributed by atoms with E-state index in [0.29, 0.717) is 19.6 Å². The van der Waals surface area contributed by atoms with Crippen LogP contribution in [0.25, 0.3) is 0 Å². The van der Waals surface area contributed by atoms with Gasteiger partial charge in [0.25, 0.3) is 0 Å². The Bertz CT molecular complexity index is 615. The summed E-state index contributed by atoms with van der Waals surface area (Å²) in [6.07, 6.45) is 5.34. The second-order valence-corrected chi connectivity index (χ2v) is 5.26. The molecule has 0 saturated heterocycles. The number of aromatic nitrogens is 1. The van der Waals surface area contributed by atoms with Crippen LogP contribution in [0.2, 0.25) is 0 Å². The minimum Gasteiger partial charge on any atom is -1.00 e. The van der Waals surface area contributed by atoms with Gasteiger partial charge in [-0.1, -0.05) is 19.1 Å². The summed E-state index contributed by atoms with van der Waals surface area (Å²) < 4.78 is 7.65. The van der Waals surface area contributed by atoms with E-state index in [2.05, 4.69) is 12.2 Å². The van der Waals surface area contributed by atoms with Crippen molar-refractivity contribution >= 4 is 11.6 Å². The summed E-state index contributed by atoms with van der Waals surface area (Å²) >= 11 is 0. The van der Waals surface area contributed by atoms with E-state index in [1.165, 1.54) is 5.56 Å². The predicted octanol–water partition coefficient (Wildman–Crippen LogP) is 0.104. The number of hydrogen-bond donors (Lipinski definition) is 1. The van der Waals surface area contributed by atoms with E-state index in [1.54, 1.807) is 0 Å². The molecule has 2 aromatic rings. The summed E-state index contributed by atoms with van der Waals surface area (Å²) in [5, 5.41) is 2.92. The molecule has 4 nitrogen and oxygen atoms in total. The number of ether oxygens (including phenoxy) is 1. The largest absolute Gasteiger partial charge is 1.00 e. The molecular formula is C18H23BrN2O2. The van der Waals surface area contributed by atoms with Gasteiger partial charge in [-0.05, 0) is 31.0 Å². The average molecular weight is 379 g/mol. The normalized spacial score (nSPS) is 9.83. The fourth-order valence-electron chi connectivity index (χ4n) is 2.03. The summed E-state index contributed by atoms with van der Waals surface area (Å²) in [5.41, 5.74) is 1.94. The van der Waals surface area contributed by atoms with Crippen LogP contribution in [-0.4, -0.2) is 12.5 Å². The fraction of sp³-hybridized carbons (Fsp3) is 0.333. The third kappa shape index (κ3) is 6.40. The van der Waals surface area contributed by atoms with Gasteiger partial charge in [-0.2, -0.15) is 0 Å². The van der Waals surface area contributed by atoms with Gasteiger partial charge in [0.2, 0.25) is 5.91 Å². The van der Waals surface area contributed by atoms with Crippen molar-refractivity contribution in [1.82, 2.24) is 0 Å². The van der Waals surface area contributed by atoms with Crippen LogP contribution in [0.15, 0.2) is 48.8 Å². The number of rotatable bonds is 7. The van der Waals surface area contributed by atoms with Crippen LogP contribution in [0.5, 0.6) is 5.75 Å². The van der Waals surface area contributed by atoms with Gasteiger partial charge in [0.05, 0.1) is 18.7 Å². The van der Waals surface area contributed by atoms with Crippen molar-refractivity contribution in [3.8, 4) is 5.75 Å². The molecule has 0 aliphatic rings. The summed E-state index contributed by atoms with van der Waals surface area (Å²) in [6, 6.07) is 11.6. The Hall–Kier alpha value is -1.88. The predicted molar refractivity (Wildman–Crippen MR) is 86.8 cm³/mol. The molecule has 0 saturated carbocycles. The van der Waals surface area contributed by atoms with Gasteiger partial charge in [-0.3, -0.25) is 4.79 Å². The van der Waals surface area contributed by atoms with Crippen molar-refractivity contribution in [1.29, 1.82) is 0 Å². The highest BCUT2D eigenvalue weighted by Gasteiger charge is 2.10. The van der Waals surface area contributed by atoms with Crippen LogP contribution < -0.4 is 31.6 Å². The van der Waals surface area contributed by atoms with Crippen LogP contribution in [0.1, 0.15) is 25.3 Å². The number of nitrogens with zero attached hydrogens (tertiary/aromatic N) is 1. The zero-order chi connectivity index (χ0) is 15.8. The minimum atomic E-state index is -0.0133. The Kier molecular flexibility index (Phi) is 8.33. The Morgan fingerprint density at radius 2 is 1.87 bits per heavy atom. The third-order valence-corrected chi connectivity index (χ3v) is 3.28. The van der Waals surface area contributed by atoms with Crippen molar-refractivity contribution in [2.45, 2.75) is 33.2 Å². The maximum Gasteiger partial charge on any atom is 0.230 e. The quantitative estimate of drug-likeness (QED) is 0.694. The summed E-state index contributed by atoms with van der Waals surface area (Å²) in [7, 11) is 0. The number of amides is 1. The van der Waals surface area contributed by atoms with Crippen LogP contribution in [0.4, 0.5) is 5.69 Å². The maximum absolute atomic E-state index is 12.1. The number of nitrogens with one attached hydrogen (secondary N) is 1. The lowest BCUT2D eigenvalue weighted by atomic mass is 10.2. The van der Waals surface area contributed by atoms with E-state index in [0.717, 1.165) is 17.9 Å². The molecule has 124 valence electrons. The van der Waals surface area contributed by atoms with Gasteiger partial charge in [0, 0.05) is 12.1 Å². The van der Waals surface area contributed by atoms with Gasteiger partial charge < -0.3 is 27.0 Å².